The maximum absolute atomic E-state index is 4.42. The van der Waals surface area contributed by atoms with Crippen molar-refractivity contribution in [2.24, 2.45) is 10.9 Å². The van der Waals surface area contributed by atoms with Crippen LogP contribution in [0.4, 0.5) is 0 Å². The number of guanidine groups is 1. The molecule has 1 N–H and O–H groups in total. The molecule has 2 heterocycles. The normalized spacial score (nSPS) is 16.8. The van der Waals surface area contributed by atoms with Crippen molar-refractivity contribution in [3.8, 4) is 0 Å². The Balaban J connectivity index is 0.00000288. The van der Waals surface area contributed by atoms with E-state index in [2.05, 4.69) is 62.1 Å². The smallest absolute Gasteiger partial charge is 0.193 e. The molecule has 1 aliphatic heterocycles. The molecule has 1 aliphatic rings. The highest BCUT2D eigenvalue weighted by atomic mass is 127. The van der Waals surface area contributed by atoms with Crippen molar-refractivity contribution < 1.29 is 0 Å². The van der Waals surface area contributed by atoms with E-state index in [0.29, 0.717) is 0 Å². The summed E-state index contributed by atoms with van der Waals surface area (Å²) < 4.78 is 1.18. The molecule has 0 radical (unpaired) electrons. The minimum Gasteiger partial charge on any atom is -0.356 e. The van der Waals surface area contributed by atoms with Gasteiger partial charge in [0.2, 0.25) is 0 Å². The van der Waals surface area contributed by atoms with Crippen molar-refractivity contribution in [1.29, 1.82) is 0 Å². The molecule has 0 aromatic carbocycles. The average molecular weight is 529 g/mol. The largest absolute Gasteiger partial charge is 0.356 e. The molecule has 24 heavy (non-hydrogen) atoms. The predicted octanol–water partition coefficient (Wildman–Crippen LogP) is 4.26. The number of rotatable bonds is 6. The second kappa shape index (κ2) is 11.7. The third-order valence-electron chi connectivity index (χ3n) is 4.59. The Kier molecular flexibility index (Phi) is 10.8. The molecule has 0 saturated carbocycles. The molecule has 0 amide bonds. The number of hydrogen-bond donors (Lipinski definition) is 1. The first-order valence-electron chi connectivity index (χ1n) is 8.50. The van der Waals surface area contributed by atoms with Crippen LogP contribution in [-0.2, 0) is 6.54 Å². The van der Waals surface area contributed by atoms with Crippen LogP contribution < -0.4 is 5.32 Å². The molecule has 0 unspecified atom stereocenters. The zero-order valence-corrected chi connectivity index (χ0v) is 19.7. The van der Waals surface area contributed by atoms with E-state index in [-0.39, 0.29) is 24.0 Å². The van der Waals surface area contributed by atoms with Crippen LogP contribution in [0, 0.1) is 5.92 Å². The van der Waals surface area contributed by atoms with Gasteiger partial charge in [0, 0.05) is 25.5 Å². The van der Waals surface area contributed by atoms with E-state index in [1.807, 2.05) is 7.05 Å². The molecule has 1 aromatic heterocycles. The van der Waals surface area contributed by atoms with Gasteiger partial charge in [-0.2, -0.15) is 0 Å². The van der Waals surface area contributed by atoms with Gasteiger partial charge in [-0.1, -0.05) is 6.92 Å². The van der Waals surface area contributed by atoms with Crippen LogP contribution in [0.25, 0.3) is 0 Å². The minimum atomic E-state index is 0. The van der Waals surface area contributed by atoms with Gasteiger partial charge in [-0.3, -0.25) is 4.99 Å². The summed E-state index contributed by atoms with van der Waals surface area (Å²) in [5.41, 5.74) is 0. The first-order chi connectivity index (χ1) is 11.1. The van der Waals surface area contributed by atoms with Crippen LogP contribution in [0.15, 0.2) is 20.9 Å². The highest BCUT2D eigenvalue weighted by Gasteiger charge is 2.18. The SMILES string of the molecule is CCN1CCC(CCNC(=NC)N(C)Cc2ccc(Br)s2)CC1.I. The number of aliphatic imine (C=N–C) groups is 1. The Labute approximate surface area is 176 Å². The maximum Gasteiger partial charge on any atom is 0.193 e. The van der Waals surface area contributed by atoms with Gasteiger partial charge in [0.05, 0.1) is 10.3 Å². The molecule has 1 aromatic rings. The molecular weight excluding hydrogens is 499 g/mol. The Hall–Kier alpha value is 0.140. The fourth-order valence-electron chi connectivity index (χ4n) is 3.11. The summed E-state index contributed by atoms with van der Waals surface area (Å²) in [7, 11) is 3.96. The third kappa shape index (κ3) is 7.17. The van der Waals surface area contributed by atoms with Gasteiger partial charge >= 0.3 is 0 Å². The summed E-state index contributed by atoms with van der Waals surface area (Å²) in [4.78, 5) is 10.5. The number of nitrogens with one attached hydrogen (secondary N) is 1. The first kappa shape index (κ1) is 22.2. The average Bonchev–Trinajstić information content (AvgIpc) is 2.97. The number of halogens is 2. The molecule has 1 saturated heterocycles. The molecule has 4 nitrogen and oxygen atoms in total. The Morgan fingerprint density at radius 1 is 1.42 bits per heavy atom. The lowest BCUT2D eigenvalue weighted by atomic mass is 9.93. The van der Waals surface area contributed by atoms with Crippen LogP contribution >= 0.6 is 51.2 Å². The van der Waals surface area contributed by atoms with Gasteiger partial charge in [0.25, 0.3) is 0 Å². The van der Waals surface area contributed by atoms with Crippen LogP contribution in [0.1, 0.15) is 31.1 Å². The summed E-state index contributed by atoms with van der Waals surface area (Å²) in [6, 6.07) is 4.27. The molecular formula is C17H30BrIN4S. The van der Waals surface area contributed by atoms with Crippen molar-refractivity contribution in [3.63, 3.8) is 0 Å². The van der Waals surface area contributed by atoms with E-state index in [9.17, 15) is 0 Å². The number of thiophene rings is 1. The molecule has 138 valence electrons. The zero-order valence-electron chi connectivity index (χ0n) is 14.9. The first-order valence-corrected chi connectivity index (χ1v) is 10.1. The maximum atomic E-state index is 4.42. The summed E-state index contributed by atoms with van der Waals surface area (Å²) in [6.07, 6.45) is 3.93. The van der Waals surface area contributed by atoms with Crippen molar-refractivity contribution in [2.45, 2.75) is 32.7 Å². The predicted molar refractivity (Wildman–Crippen MR) is 120 cm³/mol. The van der Waals surface area contributed by atoms with Crippen molar-refractivity contribution in [2.75, 3.05) is 40.3 Å². The van der Waals surface area contributed by atoms with E-state index < -0.39 is 0 Å². The summed E-state index contributed by atoms with van der Waals surface area (Å²) in [5.74, 6) is 1.85. The Bertz CT molecular complexity index is 501. The summed E-state index contributed by atoms with van der Waals surface area (Å²) in [6.45, 7) is 7.90. The highest BCUT2D eigenvalue weighted by molar-refractivity contribution is 14.0. The fourth-order valence-corrected chi connectivity index (χ4v) is 4.65. The van der Waals surface area contributed by atoms with E-state index in [0.717, 1.165) is 25.0 Å². The van der Waals surface area contributed by atoms with Crippen molar-refractivity contribution in [3.05, 3.63) is 20.8 Å². The third-order valence-corrected chi connectivity index (χ3v) is 6.19. The van der Waals surface area contributed by atoms with Gasteiger partial charge < -0.3 is 15.1 Å². The molecule has 0 atom stereocenters. The lowest BCUT2D eigenvalue weighted by molar-refractivity contribution is 0.187. The number of hydrogen-bond acceptors (Lipinski definition) is 3. The topological polar surface area (TPSA) is 30.9 Å². The van der Waals surface area contributed by atoms with Gasteiger partial charge in [0.1, 0.15) is 0 Å². The molecule has 0 aliphatic carbocycles. The molecule has 0 bridgehead atoms. The van der Waals surface area contributed by atoms with Gasteiger partial charge in [0.15, 0.2) is 5.96 Å². The van der Waals surface area contributed by atoms with Gasteiger partial charge in [-0.15, -0.1) is 35.3 Å². The molecule has 0 spiro atoms. The lowest BCUT2D eigenvalue weighted by Crippen LogP contribution is -2.40. The quantitative estimate of drug-likeness (QED) is 0.340. The van der Waals surface area contributed by atoms with E-state index in [1.54, 1.807) is 11.3 Å². The van der Waals surface area contributed by atoms with Crippen LogP contribution in [0.3, 0.4) is 0 Å². The molecule has 1 fully saturated rings. The second-order valence-electron chi connectivity index (χ2n) is 6.20. The second-order valence-corrected chi connectivity index (χ2v) is 8.75. The monoisotopic (exact) mass is 528 g/mol. The number of piperidine rings is 1. The van der Waals surface area contributed by atoms with E-state index >= 15 is 0 Å². The summed E-state index contributed by atoms with van der Waals surface area (Å²) >= 11 is 5.30. The number of nitrogens with zero attached hydrogens (tertiary/aromatic N) is 3. The lowest BCUT2D eigenvalue weighted by Gasteiger charge is -2.31. The molecule has 7 heteroatoms. The standard InChI is InChI=1S/C17H29BrN4S.HI/c1-4-22-11-8-14(9-12-22)7-10-20-17(19-2)21(3)13-15-5-6-16(18)23-15;/h5-6,14H,4,7-13H2,1-3H3,(H,19,20);1H. The van der Waals surface area contributed by atoms with Crippen LogP contribution in [-0.4, -0.2) is 56.0 Å². The minimum absolute atomic E-state index is 0. The highest BCUT2D eigenvalue weighted by Crippen LogP contribution is 2.23. The number of likely N-dealkylation sites (tertiary alicyclic amines) is 1. The zero-order chi connectivity index (χ0) is 16.7. The fraction of sp³-hybridized carbons (Fsp3) is 0.706. The van der Waals surface area contributed by atoms with E-state index in [4.69, 9.17) is 0 Å². The Morgan fingerprint density at radius 3 is 2.67 bits per heavy atom. The van der Waals surface area contributed by atoms with Gasteiger partial charge in [-0.25, -0.2) is 0 Å². The Morgan fingerprint density at radius 2 is 2.12 bits per heavy atom. The summed E-state index contributed by atoms with van der Waals surface area (Å²) in [5, 5.41) is 3.52. The molecule has 2 rings (SSSR count). The van der Waals surface area contributed by atoms with Gasteiger partial charge in [-0.05, 0) is 72.9 Å². The van der Waals surface area contributed by atoms with Crippen LogP contribution in [0.2, 0.25) is 0 Å². The van der Waals surface area contributed by atoms with E-state index in [1.165, 1.54) is 47.6 Å². The van der Waals surface area contributed by atoms with Crippen molar-refractivity contribution in [1.82, 2.24) is 15.1 Å². The van der Waals surface area contributed by atoms with Crippen molar-refractivity contribution >= 4 is 57.2 Å². The van der Waals surface area contributed by atoms with Crippen LogP contribution in [0.5, 0.6) is 0 Å².